The smallest absolute Gasteiger partial charge is 0.332 e. The highest BCUT2D eigenvalue weighted by atomic mass is 16.6. The van der Waals surface area contributed by atoms with E-state index in [0.717, 1.165) is 13.1 Å². The van der Waals surface area contributed by atoms with E-state index in [2.05, 4.69) is 15.3 Å². The summed E-state index contributed by atoms with van der Waals surface area (Å²) in [7, 11) is 1.61. The molecule has 0 bridgehead atoms. The van der Waals surface area contributed by atoms with E-state index in [1.54, 1.807) is 14.0 Å². The molecule has 1 heterocycles. The molecule has 1 aromatic heterocycles. The highest BCUT2D eigenvalue weighted by Crippen LogP contribution is 2.26. The van der Waals surface area contributed by atoms with Crippen LogP contribution in [0.3, 0.4) is 0 Å². The first-order valence-corrected chi connectivity index (χ1v) is 5.50. The molecule has 1 N–H and O–H groups in total. The van der Waals surface area contributed by atoms with Crippen molar-refractivity contribution in [3.8, 4) is 0 Å². The zero-order valence-corrected chi connectivity index (χ0v) is 10.5. The number of nitrogens with zero attached hydrogens (tertiary/aromatic N) is 4. The van der Waals surface area contributed by atoms with Crippen molar-refractivity contribution in [1.82, 2.24) is 9.97 Å². The zero-order valence-electron chi connectivity index (χ0n) is 10.5. The Labute approximate surface area is 100 Å². The van der Waals surface area contributed by atoms with Crippen molar-refractivity contribution in [3.05, 3.63) is 15.8 Å². The van der Waals surface area contributed by atoms with Gasteiger partial charge in [0, 0.05) is 20.1 Å². The second-order valence-electron chi connectivity index (χ2n) is 3.49. The number of aryl methyl sites for hydroxylation is 1. The number of aromatic nitrogens is 2. The Morgan fingerprint density at radius 1 is 1.35 bits per heavy atom. The number of hydrogen-bond acceptors (Lipinski definition) is 6. The number of nitro groups is 1. The minimum Gasteiger partial charge on any atom is -0.367 e. The van der Waals surface area contributed by atoms with Crippen LogP contribution < -0.4 is 10.2 Å². The van der Waals surface area contributed by atoms with Crippen molar-refractivity contribution in [1.29, 1.82) is 0 Å². The molecule has 0 aliphatic rings. The molecule has 1 aromatic rings. The number of nitrogens with one attached hydrogen (secondary N) is 1. The van der Waals surface area contributed by atoms with Crippen LogP contribution in [0.4, 0.5) is 17.5 Å². The van der Waals surface area contributed by atoms with Gasteiger partial charge in [-0.3, -0.25) is 10.1 Å². The summed E-state index contributed by atoms with van der Waals surface area (Å²) in [6.07, 6.45) is 0. The first-order chi connectivity index (χ1) is 8.04. The van der Waals surface area contributed by atoms with Crippen LogP contribution in [0.25, 0.3) is 0 Å². The SMILES string of the molecule is CCN(CC)c1nc(C)c([N+](=O)[O-])c(NC)n1. The quantitative estimate of drug-likeness (QED) is 0.620. The fourth-order valence-electron chi connectivity index (χ4n) is 1.59. The minimum atomic E-state index is -0.465. The average molecular weight is 239 g/mol. The minimum absolute atomic E-state index is 0.0663. The van der Waals surface area contributed by atoms with Crippen LogP contribution in [0.2, 0.25) is 0 Å². The van der Waals surface area contributed by atoms with Crippen molar-refractivity contribution >= 4 is 17.5 Å². The Morgan fingerprint density at radius 3 is 2.35 bits per heavy atom. The van der Waals surface area contributed by atoms with Gasteiger partial charge in [0.2, 0.25) is 11.8 Å². The number of rotatable bonds is 5. The molecule has 0 fully saturated rings. The molecule has 0 aromatic carbocycles. The fourth-order valence-corrected chi connectivity index (χ4v) is 1.59. The normalized spacial score (nSPS) is 10.1. The summed E-state index contributed by atoms with van der Waals surface area (Å²) >= 11 is 0. The largest absolute Gasteiger partial charge is 0.367 e. The Kier molecular flexibility index (Phi) is 4.19. The van der Waals surface area contributed by atoms with Crippen molar-refractivity contribution < 1.29 is 4.92 Å². The molecule has 7 heteroatoms. The molecule has 17 heavy (non-hydrogen) atoms. The molecule has 0 spiro atoms. The predicted octanol–water partition coefficient (Wildman–Crippen LogP) is 1.58. The van der Waals surface area contributed by atoms with Gasteiger partial charge in [-0.15, -0.1) is 0 Å². The fraction of sp³-hybridized carbons (Fsp3) is 0.600. The molecule has 0 saturated heterocycles. The van der Waals surface area contributed by atoms with Crippen molar-refractivity contribution in [3.63, 3.8) is 0 Å². The molecule has 1 rings (SSSR count). The first kappa shape index (κ1) is 13.1. The van der Waals surface area contributed by atoms with Crippen molar-refractivity contribution in [2.24, 2.45) is 0 Å². The summed E-state index contributed by atoms with van der Waals surface area (Å²) in [6, 6.07) is 0. The maximum Gasteiger partial charge on any atom is 0.332 e. The highest BCUT2D eigenvalue weighted by molar-refractivity contribution is 5.60. The van der Waals surface area contributed by atoms with Gasteiger partial charge in [0.05, 0.1) is 4.92 Å². The Hall–Kier alpha value is -1.92. The Balaban J connectivity index is 3.31. The van der Waals surface area contributed by atoms with Gasteiger partial charge in [-0.2, -0.15) is 4.98 Å². The van der Waals surface area contributed by atoms with Crippen LogP contribution in [0.15, 0.2) is 0 Å². The summed E-state index contributed by atoms with van der Waals surface area (Å²) in [5, 5.41) is 13.6. The van der Waals surface area contributed by atoms with E-state index in [1.807, 2.05) is 18.7 Å². The van der Waals surface area contributed by atoms with Crippen LogP contribution in [-0.2, 0) is 0 Å². The van der Waals surface area contributed by atoms with E-state index in [4.69, 9.17) is 0 Å². The van der Waals surface area contributed by atoms with Gasteiger partial charge < -0.3 is 10.2 Å². The van der Waals surface area contributed by atoms with E-state index in [0.29, 0.717) is 11.6 Å². The van der Waals surface area contributed by atoms with Crippen LogP contribution in [0.1, 0.15) is 19.5 Å². The monoisotopic (exact) mass is 239 g/mol. The standard InChI is InChI=1S/C10H17N5O2/c1-5-14(6-2)10-12-7(3)8(15(16)17)9(11-4)13-10/h5-6H2,1-4H3,(H,11,12,13). The van der Waals surface area contributed by atoms with Crippen molar-refractivity contribution in [2.75, 3.05) is 30.4 Å². The van der Waals surface area contributed by atoms with E-state index in [1.165, 1.54) is 0 Å². The maximum absolute atomic E-state index is 10.9. The van der Waals surface area contributed by atoms with Gasteiger partial charge in [-0.05, 0) is 20.8 Å². The van der Waals surface area contributed by atoms with Crippen LogP contribution in [0.5, 0.6) is 0 Å². The molecular weight excluding hydrogens is 222 g/mol. The Bertz CT molecular complexity index is 417. The van der Waals surface area contributed by atoms with Crippen LogP contribution in [0, 0.1) is 17.0 Å². The van der Waals surface area contributed by atoms with Gasteiger partial charge in [-0.25, -0.2) is 4.98 Å². The van der Waals surface area contributed by atoms with E-state index in [-0.39, 0.29) is 11.5 Å². The van der Waals surface area contributed by atoms with E-state index < -0.39 is 4.92 Å². The number of hydrogen-bond donors (Lipinski definition) is 1. The van der Waals surface area contributed by atoms with Gasteiger partial charge in [-0.1, -0.05) is 0 Å². The molecule has 0 atom stereocenters. The molecule has 0 aliphatic heterocycles. The maximum atomic E-state index is 10.9. The second kappa shape index (κ2) is 5.42. The first-order valence-electron chi connectivity index (χ1n) is 5.50. The van der Waals surface area contributed by atoms with Crippen LogP contribution >= 0.6 is 0 Å². The average Bonchev–Trinajstić information content (AvgIpc) is 2.29. The third kappa shape index (κ3) is 2.61. The topological polar surface area (TPSA) is 84.2 Å². The molecule has 94 valence electrons. The summed E-state index contributed by atoms with van der Waals surface area (Å²) in [5.74, 6) is 0.770. The van der Waals surface area contributed by atoms with Crippen molar-refractivity contribution in [2.45, 2.75) is 20.8 Å². The molecule has 0 aliphatic carbocycles. The highest BCUT2D eigenvalue weighted by Gasteiger charge is 2.22. The molecular formula is C10H17N5O2. The lowest BCUT2D eigenvalue weighted by atomic mass is 10.3. The third-order valence-corrected chi connectivity index (χ3v) is 2.51. The molecule has 0 amide bonds. The molecule has 0 radical (unpaired) electrons. The lowest BCUT2D eigenvalue weighted by Gasteiger charge is -2.19. The molecule has 0 saturated carbocycles. The van der Waals surface area contributed by atoms with Gasteiger partial charge in [0.15, 0.2) is 0 Å². The summed E-state index contributed by atoms with van der Waals surface area (Å²) < 4.78 is 0. The zero-order chi connectivity index (χ0) is 13.0. The predicted molar refractivity (Wildman–Crippen MR) is 66.5 cm³/mol. The third-order valence-electron chi connectivity index (χ3n) is 2.51. The van der Waals surface area contributed by atoms with E-state index >= 15 is 0 Å². The van der Waals surface area contributed by atoms with Gasteiger partial charge in [0.25, 0.3) is 0 Å². The lowest BCUT2D eigenvalue weighted by Crippen LogP contribution is -2.25. The molecule has 0 unspecified atom stereocenters. The summed E-state index contributed by atoms with van der Waals surface area (Å²) in [5.41, 5.74) is 0.305. The summed E-state index contributed by atoms with van der Waals surface area (Å²) in [6.45, 7) is 7.12. The Morgan fingerprint density at radius 2 is 1.94 bits per heavy atom. The number of anilines is 2. The van der Waals surface area contributed by atoms with Crippen LogP contribution in [-0.4, -0.2) is 35.0 Å². The lowest BCUT2D eigenvalue weighted by molar-refractivity contribution is -0.385. The second-order valence-corrected chi connectivity index (χ2v) is 3.49. The molecule has 7 nitrogen and oxygen atoms in total. The van der Waals surface area contributed by atoms with Gasteiger partial charge in [0.1, 0.15) is 5.69 Å². The van der Waals surface area contributed by atoms with E-state index in [9.17, 15) is 10.1 Å². The summed E-state index contributed by atoms with van der Waals surface area (Å²) in [4.78, 5) is 20.7. The van der Waals surface area contributed by atoms with Gasteiger partial charge >= 0.3 is 5.69 Å².